The van der Waals surface area contributed by atoms with Crippen LogP contribution in [0.2, 0.25) is 0 Å². The van der Waals surface area contributed by atoms with E-state index >= 15 is 0 Å². The number of nitrogens with one attached hydrogen (secondary N) is 1. The molecule has 1 saturated heterocycles. The van der Waals surface area contributed by atoms with Crippen molar-refractivity contribution in [1.29, 1.82) is 0 Å². The molecule has 1 fully saturated rings. The molecule has 0 bridgehead atoms. The van der Waals surface area contributed by atoms with Gasteiger partial charge in [0.25, 0.3) is 0 Å². The maximum atomic E-state index is 5.38. The molecule has 0 atom stereocenters. The van der Waals surface area contributed by atoms with Crippen LogP contribution in [0, 0.1) is 6.92 Å². The minimum absolute atomic E-state index is 0.579. The predicted molar refractivity (Wildman–Crippen MR) is 64.0 cm³/mol. The minimum atomic E-state index is 0.579. The highest BCUT2D eigenvalue weighted by Gasteiger charge is 2.12. The van der Waals surface area contributed by atoms with Gasteiger partial charge in [-0.15, -0.1) is 0 Å². The SMILES string of the molecule is CCOc1cc(C)nc(NN2CCOCC2)n1. The summed E-state index contributed by atoms with van der Waals surface area (Å²) in [6.07, 6.45) is 0. The summed E-state index contributed by atoms with van der Waals surface area (Å²) in [7, 11) is 0. The number of aromatic nitrogens is 2. The monoisotopic (exact) mass is 238 g/mol. The van der Waals surface area contributed by atoms with Crippen molar-refractivity contribution in [1.82, 2.24) is 15.0 Å². The molecule has 0 amide bonds. The zero-order chi connectivity index (χ0) is 12.1. The smallest absolute Gasteiger partial charge is 0.241 e. The molecular formula is C11H18N4O2. The van der Waals surface area contributed by atoms with Gasteiger partial charge in [0.05, 0.1) is 19.8 Å². The molecule has 0 spiro atoms. The van der Waals surface area contributed by atoms with E-state index in [0.29, 0.717) is 18.4 Å². The number of morpholine rings is 1. The van der Waals surface area contributed by atoms with Crippen LogP contribution in [0.15, 0.2) is 6.07 Å². The number of hydrogen-bond donors (Lipinski definition) is 1. The first-order valence-corrected chi connectivity index (χ1v) is 5.86. The van der Waals surface area contributed by atoms with Crippen LogP contribution in [-0.2, 0) is 4.74 Å². The molecule has 1 aromatic heterocycles. The van der Waals surface area contributed by atoms with Gasteiger partial charge in [-0.1, -0.05) is 0 Å². The lowest BCUT2D eigenvalue weighted by atomic mass is 10.4. The molecule has 6 nitrogen and oxygen atoms in total. The van der Waals surface area contributed by atoms with Gasteiger partial charge >= 0.3 is 0 Å². The van der Waals surface area contributed by atoms with E-state index in [9.17, 15) is 0 Å². The van der Waals surface area contributed by atoms with Crippen molar-refractivity contribution in [2.75, 3.05) is 38.3 Å². The van der Waals surface area contributed by atoms with Gasteiger partial charge in [0.2, 0.25) is 11.8 Å². The van der Waals surface area contributed by atoms with Crippen molar-refractivity contribution in [2.24, 2.45) is 0 Å². The Kier molecular flexibility index (Phi) is 4.11. The Balaban J connectivity index is 2.03. The van der Waals surface area contributed by atoms with Crippen molar-refractivity contribution < 1.29 is 9.47 Å². The molecule has 0 unspecified atom stereocenters. The molecule has 1 aliphatic heterocycles. The molecule has 94 valence electrons. The van der Waals surface area contributed by atoms with E-state index in [4.69, 9.17) is 9.47 Å². The van der Waals surface area contributed by atoms with Crippen molar-refractivity contribution in [3.05, 3.63) is 11.8 Å². The fourth-order valence-corrected chi connectivity index (χ4v) is 1.63. The lowest BCUT2D eigenvalue weighted by Crippen LogP contribution is -2.40. The largest absolute Gasteiger partial charge is 0.478 e. The first kappa shape index (κ1) is 12.1. The highest BCUT2D eigenvalue weighted by Crippen LogP contribution is 2.12. The molecule has 0 aromatic carbocycles. The maximum Gasteiger partial charge on any atom is 0.241 e. The topological polar surface area (TPSA) is 59.5 Å². The van der Waals surface area contributed by atoms with Crippen molar-refractivity contribution >= 4 is 5.95 Å². The molecule has 6 heteroatoms. The number of nitrogens with zero attached hydrogens (tertiary/aromatic N) is 3. The number of ether oxygens (including phenoxy) is 2. The normalized spacial score (nSPS) is 16.8. The Labute approximate surface area is 101 Å². The second-order valence-electron chi connectivity index (χ2n) is 3.82. The lowest BCUT2D eigenvalue weighted by Gasteiger charge is -2.27. The summed E-state index contributed by atoms with van der Waals surface area (Å²) in [5.74, 6) is 1.19. The summed E-state index contributed by atoms with van der Waals surface area (Å²) in [6, 6.07) is 1.83. The van der Waals surface area contributed by atoms with Crippen LogP contribution < -0.4 is 10.2 Å². The molecule has 17 heavy (non-hydrogen) atoms. The summed E-state index contributed by atoms with van der Waals surface area (Å²) >= 11 is 0. The maximum absolute atomic E-state index is 5.38. The fraction of sp³-hybridized carbons (Fsp3) is 0.636. The van der Waals surface area contributed by atoms with E-state index in [1.807, 2.05) is 24.9 Å². The number of anilines is 1. The van der Waals surface area contributed by atoms with Crippen LogP contribution in [0.5, 0.6) is 5.88 Å². The lowest BCUT2D eigenvalue weighted by molar-refractivity contribution is 0.0492. The third-order valence-corrected chi connectivity index (χ3v) is 2.39. The van der Waals surface area contributed by atoms with Crippen molar-refractivity contribution in [3.8, 4) is 5.88 Å². The summed E-state index contributed by atoms with van der Waals surface area (Å²) in [6.45, 7) is 7.60. The first-order chi connectivity index (χ1) is 8.28. The molecule has 0 radical (unpaired) electrons. The summed E-state index contributed by atoms with van der Waals surface area (Å²) in [5, 5.41) is 2.05. The summed E-state index contributed by atoms with van der Waals surface area (Å²) in [4.78, 5) is 8.62. The predicted octanol–water partition coefficient (Wildman–Crippen LogP) is 0.843. The Hall–Kier alpha value is -1.40. The number of hydrazine groups is 1. The average molecular weight is 238 g/mol. The summed E-state index contributed by atoms with van der Waals surface area (Å²) < 4.78 is 10.7. The number of hydrogen-bond acceptors (Lipinski definition) is 6. The van der Waals surface area contributed by atoms with Crippen LogP contribution in [0.25, 0.3) is 0 Å². The van der Waals surface area contributed by atoms with E-state index in [1.54, 1.807) is 0 Å². The van der Waals surface area contributed by atoms with Gasteiger partial charge in [0.15, 0.2) is 0 Å². The minimum Gasteiger partial charge on any atom is -0.478 e. The number of aryl methyl sites for hydroxylation is 1. The molecule has 2 heterocycles. The Morgan fingerprint density at radius 3 is 2.88 bits per heavy atom. The molecule has 0 aliphatic carbocycles. The van der Waals surface area contributed by atoms with Crippen LogP contribution >= 0.6 is 0 Å². The molecular weight excluding hydrogens is 220 g/mol. The van der Waals surface area contributed by atoms with Crippen molar-refractivity contribution in [2.45, 2.75) is 13.8 Å². The Morgan fingerprint density at radius 1 is 1.41 bits per heavy atom. The van der Waals surface area contributed by atoms with Gasteiger partial charge in [-0.3, -0.25) is 5.43 Å². The van der Waals surface area contributed by atoms with E-state index in [1.165, 1.54) is 0 Å². The molecule has 2 rings (SSSR count). The third kappa shape index (κ3) is 3.54. The third-order valence-electron chi connectivity index (χ3n) is 2.39. The van der Waals surface area contributed by atoms with Gasteiger partial charge < -0.3 is 9.47 Å². The van der Waals surface area contributed by atoms with E-state index in [0.717, 1.165) is 32.0 Å². The standard InChI is InChI=1S/C11H18N4O2/c1-3-17-10-8-9(2)12-11(13-10)14-15-4-6-16-7-5-15/h8H,3-7H2,1-2H3,(H,12,13,14). The van der Waals surface area contributed by atoms with Crippen LogP contribution in [0.3, 0.4) is 0 Å². The van der Waals surface area contributed by atoms with Crippen LogP contribution in [0.4, 0.5) is 5.95 Å². The van der Waals surface area contributed by atoms with E-state index in [2.05, 4.69) is 15.4 Å². The molecule has 0 saturated carbocycles. The quantitative estimate of drug-likeness (QED) is 0.839. The second kappa shape index (κ2) is 5.79. The summed E-state index contributed by atoms with van der Waals surface area (Å²) in [5.41, 5.74) is 4.06. The van der Waals surface area contributed by atoms with E-state index in [-0.39, 0.29) is 0 Å². The molecule has 1 N–H and O–H groups in total. The van der Waals surface area contributed by atoms with Gasteiger partial charge in [0, 0.05) is 24.8 Å². The fourth-order valence-electron chi connectivity index (χ4n) is 1.63. The van der Waals surface area contributed by atoms with Gasteiger partial charge in [-0.05, 0) is 13.8 Å². The second-order valence-corrected chi connectivity index (χ2v) is 3.82. The molecule has 1 aromatic rings. The van der Waals surface area contributed by atoms with Gasteiger partial charge in [-0.2, -0.15) is 4.98 Å². The molecule has 1 aliphatic rings. The first-order valence-electron chi connectivity index (χ1n) is 5.86. The average Bonchev–Trinajstić information content (AvgIpc) is 2.30. The van der Waals surface area contributed by atoms with Gasteiger partial charge in [0.1, 0.15) is 0 Å². The zero-order valence-electron chi connectivity index (χ0n) is 10.3. The van der Waals surface area contributed by atoms with Crippen LogP contribution in [-0.4, -0.2) is 47.9 Å². The van der Waals surface area contributed by atoms with E-state index < -0.39 is 0 Å². The zero-order valence-corrected chi connectivity index (χ0v) is 10.3. The van der Waals surface area contributed by atoms with Crippen molar-refractivity contribution in [3.63, 3.8) is 0 Å². The number of rotatable bonds is 4. The Bertz CT molecular complexity index is 366. The van der Waals surface area contributed by atoms with Crippen LogP contribution in [0.1, 0.15) is 12.6 Å². The highest BCUT2D eigenvalue weighted by atomic mass is 16.5. The Morgan fingerprint density at radius 2 is 2.18 bits per heavy atom. The van der Waals surface area contributed by atoms with Gasteiger partial charge in [-0.25, -0.2) is 9.99 Å². The highest BCUT2D eigenvalue weighted by molar-refractivity contribution is 5.29.